The Kier molecular flexibility index (Phi) is 2.93. The molecule has 0 amide bonds. The van der Waals surface area contributed by atoms with Crippen molar-refractivity contribution in [1.29, 1.82) is 0 Å². The third-order valence-electron chi connectivity index (χ3n) is 3.73. The molecule has 0 radical (unpaired) electrons. The predicted molar refractivity (Wildman–Crippen MR) is 81.0 cm³/mol. The number of nitrogens with zero attached hydrogens (tertiary/aromatic N) is 2. The highest BCUT2D eigenvalue weighted by Gasteiger charge is 2.15. The van der Waals surface area contributed by atoms with Gasteiger partial charge in [0, 0.05) is 12.4 Å². The van der Waals surface area contributed by atoms with E-state index in [-0.39, 0.29) is 0 Å². The second-order valence-electron chi connectivity index (χ2n) is 5.00. The van der Waals surface area contributed by atoms with Gasteiger partial charge in [-0.2, -0.15) is 0 Å². The van der Waals surface area contributed by atoms with Gasteiger partial charge in [-0.3, -0.25) is 0 Å². The third-order valence-corrected chi connectivity index (χ3v) is 3.73. The second-order valence-corrected chi connectivity index (χ2v) is 5.00. The van der Waals surface area contributed by atoms with Gasteiger partial charge < -0.3 is 9.73 Å². The Labute approximate surface area is 117 Å². The van der Waals surface area contributed by atoms with Crippen LogP contribution in [-0.4, -0.2) is 17.2 Å². The van der Waals surface area contributed by atoms with Crippen molar-refractivity contribution in [3.8, 4) is 11.5 Å². The first-order valence-electron chi connectivity index (χ1n) is 6.63. The Balaban J connectivity index is 2.21. The van der Waals surface area contributed by atoms with Gasteiger partial charge in [0.2, 0.25) is 0 Å². The van der Waals surface area contributed by atoms with Crippen molar-refractivity contribution in [2.24, 2.45) is 0 Å². The molecule has 0 aliphatic carbocycles. The summed E-state index contributed by atoms with van der Waals surface area (Å²) < 4.78 is 5.97. The number of para-hydroxylation sites is 1. The molecule has 0 bridgehead atoms. The lowest BCUT2D eigenvalue weighted by atomic mass is 10.1. The van der Waals surface area contributed by atoms with Gasteiger partial charge in [-0.15, -0.1) is 10.2 Å². The lowest BCUT2D eigenvalue weighted by Gasteiger charge is -2.08. The molecule has 2 aromatic heterocycles. The molecule has 20 heavy (non-hydrogen) atoms. The second kappa shape index (κ2) is 4.63. The zero-order chi connectivity index (χ0) is 14.3. The average molecular weight is 267 g/mol. The van der Waals surface area contributed by atoms with Crippen molar-refractivity contribution < 1.29 is 4.42 Å². The molecule has 0 unspecified atom stereocenters. The van der Waals surface area contributed by atoms with Crippen LogP contribution in [0.25, 0.3) is 22.4 Å². The van der Waals surface area contributed by atoms with Crippen LogP contribution in [0.15, 0.2) is 28.7 Å². The van der Waals surface area contributed by atoms with Gasteiger partial charge in [0.15, 0.2) is 11.6 Å². The Morgan fingerprint density at radius 1 is 1.05 bits per heavy atom. The molecule has 4 nitrogen and oxygen atoms in total. The summed E-state index contributed by atoms with van der Waals surface area (Å²) in [6.07, 6.45) is 0. The van der Waals surface area contributed by atoms with E-state index >= 15 is 0 Å². The lowest BCUT2D eigenvalue weighted by molar-refractivity contribution is 0.623. The summed E-state index contributed by atoms with van der Waals surface area (Å²) in [6, 6.07) is 8.15. The normalized spacial score (nSPS) is 11.0. The summed E-state index contributed by atoms with van der Waals surface area (Å²) in [5.41, 5.74) is 5.02. The van der Waals surface area contributed by atoms with Crippen LogP contribution in [0.4, 0.5) is 5.82 Å². The highest BCUT2D eigenvalue weighted by molar-refractivity contribution is 5.85. The van der Waals surface area contributed by atoms with Gasteiger partial charge in [-0.1, -0.05) is 18.2 Å². The summed E-state index contributed by atoms with van der Waals surface area (Å²) in [5, 5.41) is 12.6. The van der Waals surface area contributed by atoms with Crippen LogP contribution in [-0.2, 0) is 0 Å². The van der Waals surface area contributed by atoms with Crippen molar-refractivity contribution in [2.45, 2.75) is 20.8 Å². The first-order chi connectivity index (χ1) is 9.61. The molecular formula is C16H17N3O. The lowest BCUT2D eigenvalue weighted by Crippen LogP contribution is -2.02. The number of aryl methyl sites for hydroxylation is 1. The number of benzene rings is 1. The molecule has 2 heterocycles. The number of fused-ring (bicyclic) bond motifs is 1. The van der Waals surface area contributed by atoms with Gasteiger partial charge >= 0.3 is 0 Å². The Hall–Kier alpha value is -2.36. The maximum atomic E-state index is 5.97. The number of furan rings is 1. The van der Waals surface area contributed by atoms with Crippen molar-refractivity contribution in [1.82, 2.24) is 10.2 Å². The summed E-state index contributed by atoms with van der Waals surface area (Å²) in [5.74, 6) is 1.57. The fraction of sp³-hybridized carbons (Fsp3) is 0.250. The minimum atomic E-state index is 0.769. The SMILES string of the molecule is CNc1nnc(-c2cc3cccc(C)c3o2)c(C)c1C. The maximum Gasteiger partial charge on any atom is 0.155 e. The highest BCUT2D eigenvalue weighted by atomic mass is 16.3. The molecule has 0 saturated heterocycles. The average Bonchev–Trinajstić information content (AvgIpc) is 2.87. The largest absolute Gasteiger partial charge is 0.454 e. The van der Waals surface area contributed by atoms with E-state index < -0.39 is 0 Å². The van der Waals surface area contributed by atoms with Crippen LogP contribution in [0, 0.1) is 20.8 Å². The smallest absolute Gasteiger partial charge is 0.155 e. The minimum absolute atomic E-state index is 0.769. The Bertz CT molecular complexity index is 790. The van der Waals surface area contributed by atoms with Crippen LogP contribution in [0.5, 0.6) is 0 Å². The molecule has 0 aliphatic rings. The molecule has 102 valence electrons. The van der Waals surface area contributed by atoms with Crippen molar-refractivity contribution in [3.05, 3.63) is 41.0 Å². The van der Waals surface area contributed by atoms with Gasteiger partial charge in [-0.05, 0) is 43.5 Å². The van der Waals surface area contributed by atoms with Crippen molar-refractivity contribution >= 4 is 16.8 Å². The predicted octanol–water partition coefficient (Wildman–Crippen LogP) is 3.86. The molecule has 0 atom stereocenters. The Morgan fingerprint density at radius 2 is 1.85 bits per heavy atom. The summed E-state index contributed by atoms with van der Waals surface area (Å²) in [7, 11) is 1.85. The molecule has 3 rings (SSSR count). The van der Waals surface area contributed by atoms with E-state index in [1.807, 2.05) is 52.1 Å². The molecule has 0 spiro atoms. The fourth-order valence-corrected chi connectivity index (χ4v) is 2.40. The van der Waals surface area contributed by atoms with Gasteiger partial charge in [0.25, 0.3) is 0 Å². The van der Waals surface area contributed by atoms with E-state index in [1.165, 1.54) is 0 Å². The molecule has 0 aliphatic heterocycles. The number of anilines is 1. The standard InChI is InChI=1S/C16H17N3O/c1-9-6-5-7-12-8-13(20-15(9)12)14-10(2)11(3)16(17-4)19-18-14/h5-8H,1-4H3,(H,17,19). The number of rotatable bonds is 2. The number of aromatic nitrogens is 2. The van der Waals surface area contributed by atoms with E-state index in [4.69, 9.17) is 4.42 Å². The molecule has 3 aromatic rings. The van der Waals surface area contributed by atoms with E-state index in [1.54, 1.807) is 0 Å². The van der Waals surface area contributed by atoms with Crippen LogP contribution >= 0.6 is 0 Å². The third kappa shape index (κ3) is 1.84. The van der Waals surface area contributed by atoms with Crippen molar-refractivity contribution in [3.63, 3.8) is 0 Å². The molecule has 4 heteroatoms. The Morgan fingerprint density at radius 3 is 2.55 bits per heavy atom. The van der Waals surface area contributed by atoms with E-state index in [0.717, 1.165) is 44.9 Å². The molecular weight excluding hydrogens is 250 g/mol. The fourth-order valence-electron chi connectivity index (χ4n) is 2.40. The highest BCUT2D eigenvalue weighted by Crippen LogP contribution is 2.31. The topological polar surface area (TPSA) is 51.0 Å². The van der Waals surface area contributed by atoms with E-state index in [9.17, 15) is 0 Å². The first-order valence-corrected chi connectivity index (χ1v) is 6.63. The number of nitrogens with one attached hydrogen (secondary N) is 1. The van der Waals surface area contributed by atoms with E-state index in [2.05, 4.69) is 15.5 Å². The van der Waals surface area contributed by atoms with Crippen LogP contribution in [0.2, 0.25) is 0 Å². The van der Waals surface area contributed by atoms with Crippen molar-refractivity contribution in [2.75, 3.05) is 12.4 Å². The maximum absolute atomic E-state index is 5.97. The molecule has 0 fully saturated rings. The minimum Gasteiger partial charge on any atom is -0.454 e. The zero-order valence-electron chi connectivity index (χ0n) is 12.1. The quantitative estimate of drug-likeness (QED) is 0.766. The summed E-state index contributed by atoms with van der Waals surface area (Å²) in [4.78, 5) is 0. The number of hydrogen-bond acceptors (Lipinski definition) is 4. The monoisotopic (exact) mass is 267 g/mol. The van der Waals surface area contributed by atoms with Crippen LogP contribution in [0.3, 0.4) is 0 Å². The van der Waals surface area contributed by atoms with Crippen LogP contribution in [0.1, 0.15) is 16.7 Å². The molecule has 1 N–H and O–H groups in total. The first kappa shape index (κ1) is 12.7. The molecule has 1 aromatic carbocycles. The van der Waals surface area contributed by atoms with Gasteiger partial charge in [-0.25, -0.2) is 0 Å². The van der Waals surface area contributed by atoms with Gasteiger partial charge in [0.05, 0.1) is 0 Å². The van der Waals surface area contributed by atoms with Crippen LogP contribution < -0.4 is 5.32 Å². The zero-order valence-corrected chi connectivity index (χ0v) is 12.1. The van der Waals surface area contributed by atoms with E-state index in [0.29, 0.717) is 0 Å². The summed E-state index contributed by atoms with van der Waals surface area (Å²) >= 11 is 0. The number of hydrogen-bond donors (Lipinski definition) is 1. The molecule has 0 saturated carbocycles. The van der Waals surface area contributed by atoms with Gasteiger partial charge in [0.1, 0.15) is 11.3 Å². The summed E-state index contributed by atoms with van der Waals surface area (Å²) in [6.45, 7) is 6.12.